The third kappa shape index (κ3) is 2.09. The fourth-order valence-electron chi connectivity index (χ4n) is 3.25. The Morgan fingerprint density at radius 1 is 1.31 bits per heavy atom. The summed E-state index contributed by atoms with van der Waals surface area (Å²) in [6, 6.07) is 0. The normalized spacial score (nSPS) is 46.6. The van der Waals surface area contributed by atoms with Gasteiger partial charge in [-0.3, -0.25) is 0 Å². The van der Waals surface area contributed by atoms with Crippen molar-refractivity contribution in [2.45, 2.75) is 51.6 Å². The Morgan fingerprint density at radius 2 is 2.15 bits per heavy atom. The predicted molar refractivity (Wildman–Crippen MR) is 61.9 cm³/mol. The van der Waals surface area contributed by atoms with Gasteiger partial charge in [0.05, 0.1) is 0 Å². The monoisotopic (exact) mass is 198 g/mol. The van der Waals surface area contributed by atoms with E-state index in [4.69, 9.17) is 0 Å². The minimum Gasteiger partial charge on any atom is -0.118 e. The van der Waals surface area contributed by atoms with E-state index in [2.05, 4.69) is 13.8 Å². The lowest BCUT2D eigenvalue weighted by Crippen LogP contribution is -2.34. The Labute approximate surface area is 84.7 Å². The summed E-state index contributed by atoms with van der Waals surface area (Å²) in [6.07, 6.45) is 9.16. The van der Waals surface area contributed by atoms with Gasteiger partial charge in [0, 0.05) is 0 Å². The van der Waals surface area contributed by atoms with E-state index in [1.165, 1.54) is 27.8 Å². The second-order valence-electron chi connectivity index (χ2n) is 5.11. The maximum Gasteiger partial charge on any atom is -0.0208 e. The average molecular weight is 198 g/mol. The second kappa shape index (κ2) is 4.30. The highest BCUT2D eigenvalue weighted by molar-refractivity contribution is 7.39. The van der Waals surface area contributed by atoms with Gasteiger partial charge in [-0.15, -0.1) is 8.58 Å². The molecule has 5 atom stereocenters. The van der Waals surface area contributed by atoms with Crippen molar-refractivity contribution < 1.29 is 0 Å². The van der Waals surface area contributed by atoms with Crippen LogP contribution in [0.15, 0.2) is 0 Å². The molecule has 0 aromatic carbocycles. The van der Waals surface area contributed by atoms with Gasteiger partial charge in [0.25, 0.3) is 0 Å². The van der Waals surface area contributed by atoms with Gasteiger partial charge < -0.3 is 0 Å². The highest BCUT2D eigenvalue weighted by Crippen LogP contribution is 2.49. The molecule has 0 N–H and O–H groups in total. The smallest absolute Gasteiger partial charge is 0.0208 e. The number of hydrogen-bond acceptors (Lipinski definition) is 0. The molecule has 1 saturated heterocycles. The maximum absolute atomic E-state index is 2.48. The van der Waals surface area contributed by atoms with Gasteiger partial charge in [0.1, 0.15) is 0 Å². The number of hydrogen-bond donors (Lipinski definition) is 0. The van der Waals surface area contributed by atoms with Crippen molar-refractivity contribution in [3.8, 4) is 0 Å². The highest BCUT2D eigenvalue weighted by atomic mass is 31.1. The van der Waals surface area contributed by atoms with Crippen molar-refractivity contribution in [2.75, 3.05) is 6.16 Å². The van der Waals surface area contributed by atoms with Crippen LogP contribution in [0.3, 0.4) is 0 Å². The molecule has 4 unspecified atom stereocenters. The average Bonchev–Trinajstić information content (AvgIpc) is 2.15. The van der Waals surface area contributed by atoms with Crippen LogP contribution in [-0.2, 0) is 0 Å². The van der Waals surface area contributed by atoms with Crippen molar-refractivity contribution in [1.82, 2.24) is 0 Å². The third-order valence-electron chi connectivity index (χ3n) is 4.20. The molecule has 0 nitrogen and oxygen atoms in total. The van der Waals surface area contributed by atoms with E-state index in [0.717, 1.165) is 23.4 Å². The van der Waals surface area contributed by atoms with Crippen LogP contribution in [0.2, 0.25) is 0 Å². The van der Waals surface area contributed by atoms with Gasteiger partial charge in [0.15, 0.2) is 0 Å². The van der Waals surface area contributed by atoms with Crippen LogP contribution >= 0.6 is 8.58 Å². The summed E-state index contributed by atoms with van der Waals surface area (Å²) >= 11 is 0. The Kier molecular flexibility index (Phi) is 3.30. The molecular weight excluding hydrogens is 175 g/mol. The second-order valence-corrected chi connectivity index (χ2v) is 6.67. The quantitative estimate of drug-likeness (QED) is 0.590. The third-order valence-corrected chi connectivity index (χ3v) is 6.29. The van der Waals surface area contributed by atoms with Crippen molar-refractivity contribution in [3.63, 3.8) is 0 Å². The summed E-state index contributed by atoms with van der Waals surface area (Å²) < 4.78 is 0. The molecule has 1 heterocycles. The van der Waals surface area contributed by atoms with E-state index in [1.807, 2.05) is 0 Å². The first kappa shape index (κ1) is 9.97. The molecule has 2 aliphatic rings. The van der Waals surface area contributed by atoms with Gasteiger partial charge >= 0.3 is 0 Å². The molecule has 1 heteroatoms. The van der Waals surface area contributed by atoms with Crippen LogP contribution in [0.5, 0.6) is 0 Å². The molecule has 0 aromatic rings. The summed E-state index contributed by atoms with van der Waals surface area (Å²) in [5.74, 6) is 3.30. The molecule has 2 fully saturated rings. The van der Waals surface area contributed by atoms with Crippen molar-refractivity contribution in [1.29, 1.82) is 0 Å². The predicted octanol–water partition coefficient (Wildman–Crippen LogP) is 3.90. The Hall–Kier alpha value is 0.430. The number of rotatable bonds is 2. The molecule has 0 aromatic heterocycles. The van der Waals surface area contributed by atoms with Crippen molar-refractivity contribution in [2.24, 2.45) is 17.8 Å². The van der Waals surface area contributed by atoms with Gasteiger partial charge in [-0.25, -0.2) is 0 Å². The van der Waals surface area contributed by atoms with Crippen LogP contribution in [-0.4, -0.2) is 11.8 Å². The zero-order valence-electron chi connectivity index (χ0n) is 9.05. The molecule has 13 heavy (non-hydrogen) atoms. The molecule has 1 aliphatic carbocycles. The van der Waals surface area contributed by atoms with Crippen molar-refractivity contribution in [3.05, 3.63) is 0 Å². The summed E-state index contributed by atoms with van der Waals surface area (Å²) in [4.78, 5) is 0. The van der Waals surface area contributed by atoms with Crippen LogP contribution in [0.4, 0.5) is 0 Å². The molecule has 2 rings (SSSR count). The first-order valence-electron chi connectivity index (χ1n) is 6.04. The minimum absolute atomic E-state index is 1.05. The molecule has 0 radical (unpaired) electrons. The lowest BCUT2D eigenvalue weighted by atomic mass is 9.75. The molecule has 1 saturated carbocycles. The maximum atomic E-state index is 2.48. The van der Waals surface area contributed by atoms with Gasteiger partial charge in [-0.05, 0) is 48.8 Å². The van der Waals surface area contributed by atoms with Crippen LogP contribution in [0.1, 0.15) is 46.0 Å². The van der Waals surface area contributed by atoms with E-state index in [0.29, 0.717) is 0 Å². The Morgan fingerprint density at radius 3 is 2.92 bits per heavy atom. The lowest BCUT2D eigenvalue weighted by Gasteiger charge is -2.43. The molecule has 76 valence electrons. The first-order chi connectivity index (χ1) is 6.31. The van der Waals surface area contributed by atoms with Crippen LogP contribution in [0.25, 0.3) is 0 Å². The van der Waals surface area contributed by atoms with E-state index in [-0.39, 0.29) is 0 Å². The van der Waals surface area contributed by atoms with E-state index < -0.39 is 0 Å². The summed E-state index contributed by atoms with van der Waals surface area (Å²) in [7, 11) is 1.30. The summed E-state index contributed by atoms with van der Waals surface area (Å²) in [5.41, 5.74) is 1.13. The highest BCUT2D eigenvalue weighted by Gasteiger charge is 2.35. The summed E-state index contributed by atoms with van der Waals surface area (Å²) in [5, 5.41) is 0. The number of fused-ring (bicyclic) bond motifs is 2. The summed E-state index contributed by atoms with van der Waals surface area (Å²) in [6.45, 7) is 4.83. The SMILES string of the molecule is CCCC1CPC2CC1CC[C@@H]2C. The zero-order valence-corrected chi connectivity index (χ0v) is 10.1. The zero-order chi connectivity index (χ0) is 9.26. The molecular formula is C12H23P. The lowest BCUT2D eigenvalue weighted by molar-refractivity contribution is 0.209. The molecule has 1 aliphatic heterocycles. The van der Waals surface area contributed by atoms with Gasteiger partial charge in [0.2, 0.25) is 0 Å². The largest absolute Gasteiger partial charge is 0.118 e. The Bertz CT molecular complexity index is 167. The first-order valence-corrected chi connectivity index (χ1v) is 7.33. The Balaban J connectivity index is 1.93. The fourth-order valence-corrected chi connectivity index (χ4v) is 5.43. The van der Waals surface area contributed by atoms with E-state index in [1.54, 1.807) is 19.0 Å². The van der Waals surface area contributed by atoms with Gasteiger partial charge in [-0.1, -0.05) is 26.7 Å². The minimum atomic E-state index is 1.05. The fraction of sp³-hybridized carbons (Fsp3) is 1.00. The molecule has 0 spiro atoms. The molecule has 0 amide bonds. The van der Waals surface area contributed by atoms with Crippen LogP contribution < -0.4 is 0 Å². The van der Waals surface area contributed by atoms with Gasteiger partial charge in [-0.2, -0.15) is 0 Å². The topological polar surface area (TPSA) is 0 Å². The van der Waals surface area contributed by atoms with Crippen LogP contribution in [0, 0.1) is 17.8 Å². The van der Waals surface area contributed by atoms with E-state index in [9.17, 15) is 0 Å². The standard InChI is InChI=1S/C12H23P/c1-3-4-11-8-13-12-7-10(11)6-5-9(12)2/h9-13H,3-8H2,1-2H3/t9-,10?,11?,12?/m0/s1. The van der Waals surface area contributed by atoms with E-state index >= 15 is 0 Å². The molecule has 2 bridgehead atoms. The van der Waals surface area contributed by atoms with Crippen molar-refractivity contribution >= 4 is 8.58 Å².